The minimum absolute atomic E-state index is 0.0747. The van der Waals surface area contributed by atoms with Crippen LogP contribution >= 0.6 is 11.6 Å². The average molecular weight is 360 g/mol. The van der Waals surface area contributed by atoms with Gasteiger partial charge in [0.05, 0.1) is 0 Å². The summed E-state index contributed by atoms with van der Waals surface area (Å²) in [6.45, 7) is 6.90. The van der Waals surface area contributed by atoms with Crippen LogP contribution < -0.4 is 10.2 Å². The molecule has 1 aromatic heterocycles. The molecule has 0 spiro atoms. The van der Waals surface area contributed by atoms with Gasteiger partial charge in [0.1, 0.15) is 5.82 Å². The fraction of sp³-hybridized carbons (Fsp3) is 0.389. The number of amides is 1. The number of hydrogen-bond acceptors (Lipinski definition) is 5. The van der Waals surface area contributed by atoms with E-state index >= 15 is 0 Å². The van der Waals surface area contributed by atoms with Gasteiger partial charge in [0.2, 0.25) is 0 Å². The molecule has 25 heavy (non-hydrogen) atoms. The van der Waals surface area contributed by atoms with E-state index in [4.69, 9.17) is 11.6 Å². The van der Waals surface area contributed by atoms with Crippen molar-refractivity contribution in [3.8, 4) is 0 Å². The summed E-state index contributed by atoms with van der Waals surface area (Å²) >= 11 is 6.06. The van der Waals surface area contributed by atoms with E-state index < -0.39 is 0 Å². The Bertz CT molecular complexity index is 727. The molecule has 1 N–H and O–H groups in total. The Hall–Kier alpha value is -2.34. The lowest BCUT2D eigenvalue weighted by atomic mass is 10.2. The van der Waals surface area contributed by atoms with Crippen LogP contribution in [-0.2, 0) is 0 Å². The van der Waals surface area contributed by atoms with Gasteiger partial charge in [0.15, 0.2) is 5.69 Å². The summed E-state index contributed by atoms with van der Waals surface area (Å²) in [5.41, 5.74) is 1.47. The number of benzene rings is 1. The highest BCUT2D eigenvalue weighted by atomic mass is 35.5. The number of carbonyl (C=O) groups is 1. The summed E-state index contributed by atoms with van der Waals surface area (Å²) in [6, 6.07) is 11.6. The topological polar surface area (TPSA) is 61.4 Å². The second-order valence-corrected chi connectivity index (χ2v) is 6.80. The minimum Gasteiger partial charge on any atom is -0.368 e. The van der Waals surface area contributed by atoms with E-state index in [1.807, 2.05) is 43.0 Å². The van der Waals surface area contributed by atoms with E-state index in [0.29, 0.717) is 24.6 Å². The second-order valence-electron chi connectivity index (χ2n) is 6.36. The van der Waals surface area contributed by atoms with E-state index in [0.717, 1.165) is 23.8 Å². The first-order valence-electron chi connectivity index (χ1n) is 8.43. The molecule has 0 saturated carbocycles. The maximum absolute atomic E-state index is 12.6. The molecule has 0 aliphatic carbocycles. The van der Waals surface area contributed by atoms with Crippen LogP contribution in [0.15, 0.2) is 36.4 Å². The zero-order valence-electron chi connectivity index (χ0n) is 14.4. The molecule has 0 radical (unpaired) electrons. The van der Waals surface area contributed by atoms with Crippen LogP contribution in [0.25, 0.3) is 0 Å². The summed E-state index contributed by atoms with van der Waals surface area (Å²) in [5.74, 6) is 0.603. The average Bonchev–Trinajstić information content (AvgIpc) is 2.61. The van der Waals surface area contributed by atoms with Gasteiger partial charge in [-0.3, -0.25) is 4.79 Å². The number of rotatable bonds is 4. The van der Waals surface area contributed by atoms with Gasteiger partial charge in [-0.15, -0.1) is 10.2 Å². The molecule has 0 atom stereocenters. The van der Waals surface area contributed by atoms with E-state index in [9.17, 15) is 4.79 Å². The quantitative estimate of drug-likeness (QED) is 0.909. The third kappa shape index (κ3) is 4.39. The fourth-order valence-electron chi connectivity index (χ4n) is 2.82. The number of anilines is 2. The maximum atomic E-state index is 12.6. The van der Waals surface area contributed by atoms with Crippen LogP contribution in [0, 0.1) is 0 Å². The molecule has 0 bridgehead atoms. The van der Waals surface area contributed by atoms with Crippen molar-refractivity contribution >= 4 is 29.0 Å². The molecule has 2 aromatic rings. The molecule has 1 aliphatic heterocycles. The van der Waals surface area contributed by atoms with E-state index in [-0.39, 0.29) is 11.9 Å². The van der Waals surface area contributed by atoms with Crippen molar-refractivity contribution in [2.45, 2.75) is 19.9 Å². The van der Waals surface area contributed by atoms with Gasteiger partial charge >= 0.3 is 0 Å². The summed E-state index contributed by atoms with van der Waals surface area (Å²) in [7, 11) is 0. The smallest absolute Gasteiger partial charge is 0.274 e. The van der Waals surface area contributed by atoms with Crippen LogP contribution in [0.3, 0.4) is 0 Å². The standard InChI is InChI=1S/C18H22ClN5O/c1-13(2)20-17-7-6-16(21-22-17)18(25)24-10-8-23(9-11-24)15-5-3-4-14(19)12-15/h3-7,12-13H,8-11H2,1-2H3,(H,20,22). The number of piperazine rings is 1. The van der Waals surface area contributed by atoms with Gasteiger partial charge in [0.25, 0.3) is 5.91 Å². The Kier molecular flexibility index (Phi) is 5.38. The molecule has 0 unspecified atom stereocenters. The molecule has 7 heteroatoms. The second kappa shape index (κ2) is 7.70. The zero-order chi connectivity index (χ0) is 17.8. The Morgan fingerprint density at radius 2 is 1.88 bits per heavy atom. The maximum Gasteiger partial charge on any atom is 0.274 e. The number of nitrogens with zero attached hydrogens (tertiary/aromatic N) is 4. The predicted molar refractivity (Wildman–Crippen MR) is 100 cm³/mol. The molecule has 3 rings (SSSR count). The molecular formula is C18H22ClN5O. The van der Waals surface area contributed by atoms with Crippen molar-refractivity contribution in [2.75, 3.05) is 36.4 Å². The van der Waals surface area contributed by atoms with E-state index in [1.165, 1.54) is 0 Å². The van der Waals surface area contributed by atoms with Crippen molar-refractivity contribution < 1.29 is 4.79 Å². The number of nitrogens with one attached hydrogen (secondary N) is 1. The number of carbonyl (C=O) groups excluding carboxylic acids is 1. The fourth-order valence-corrected chi connectivity index (χ4v) is 3.01. The number of aromatic nitrogens is 2. The Balaban J connectivity index is 1.59. The largest absolute Gasteiger partial charge is 0.368 e. The first kappa shape index (κ1) is 17.5. The molecule has 2 heterocycles. The third-order valence-electron chi connectivity index (χ3n) is 4.06. The minimum atomic E-state index is -0.0747. The molecule has 1 aliphatic rings. The number of halogens is 1. The monoisotopic (exact) mass is 359 g/mol. The lowest BCUT2D eigenvalue weighted by Crippen LogP contribution is -2.49. The molecule has 1 saturated heterocycles. The first-order valence-corrected chi connectivity index (χ1v) is 8.81. The third-order valence-corrected chi connectivity index (χ3v) is 4.30. The van der Waals surface area contributed by atoms with Crippen molar-refractivity contribution in [2.24, 2.45) is 0 Å². The first-order chi connectivity index (χ1) is 12.0. The van der Waals surface area contributed by atoms with Crippen molar-refractivity contribution in [1.82, 2.24) is 15.1 Å². The van der Waals surface area contributed by atoms with Crippen LogP contribution in [0.1, 0.15) is 24.3 Å². The highest BCUT2D eigenvalue weighted by Gasteiger charge is 2.23. The summed E-state index contributed by atoms with van der Waals surface area (Å²) in [6.07, 6.45) is 0. The normalized spacial score (nSPS) is 14.7. The lowest BCUT2D eigenvalue weighted by Gasteiger charge is -2.36. The number of hydrogen-bond donors (Lipinski definition) is 1. The van der Waals surface area contributed by atoms with Crippen molar-refractivity contribution in [3.05, 3.63) is 47.1 Å². The predicted octanol–water partition coefficient (Wildman–Crippen LogP) is 2.91. The highest BCUT2D eigenvalue weighted by molar-refractivity contribution is 6.30. The molecular weight excluding hydrogens is 338 g/mol. The van der Waals surface area contributed by atoms with Gasteiger partial charge in [-0.05, 0) is 44.2 Å². The van der Waals surface area contributed by atoms with Crippen molar-refractivity contribution in [1.29, 1.82) is 0 Å². The molecule has 1 amide bonds. The SMILES string of the molecule is CC(C)Nc1ccc(C(=O)N2CCN(c3cccc(Cl)c3)CC2)nn1. The zero-order valence-corrected chi connectivity index (χ0v) is 15.2. The van der Waals surface area contributed by atoms with Gasteiger partial charge in [-0.25, -0.2) is 0 Å². The van der Waals surface area contributed by atoms with E-state index in [1.54, 1.807) is 12.1 Å². The summed E-state index contributed by atoms with van der Waals surface area (Å²) in [5, 5.41) is 12.0. The highest BCUT2D eigenvalue weighted by Crippen LogP contribution is 2.21. The van der Waals surface area contributed by atoms with Gasteiger partial charge < -0.3 is 15.1 Å². The van der Waals surface area contributed by atoms with Crippen LogP contribution in [0.2, 0.25) is 5.02 Å². The van der Waals surface area contributed by atoms with Gasteiger partial charge in [-0.1, -0.05) is 17.7 Å². The van der Waals surface area contributed by atoms with E-state index in [2.05, 4.69) is 20.4 Å². The van der Waals surface area contributed by atoms with Crippen LogP contribution in [0.5, 0.6) is 0 Å². The molecule has 1 aromatic carbocycles. The molecule has 6 nitrogen and oxygen atoms in total. The van der Waals surface area contributed by atoms with Gasteiger partial charge in [-0.2, -0.15) is 0 Å². The summed E-state index contributed by atoms with van der Waals surface area (Å²) < 4.78 is 0. The molecule has 132 valence electrons. The molecule has 1 fully saturated rings. The Labute approximate surface area is 152 Å². The van der Waals surface area contributed by atoms with Crippen molar-refractivity contribution in [3.63, 3.8) is 0 Å². The Morgan fingerprint density at radius 3 is 2.48 bits per heavy atom. The summed E-state index contributed by atoms with van der Waals surface area (Å²) in [4.78, 5) is 16.6. The van der Waals surface area contributed by atoms with Gasteiger partial charge in [0, 0.05) is 42.9 Å². The Morgan fingerprint density at radius 1 is 1.12 bits per heavy atom. The van der Waals surface area contributed by atoms with Crippen LogP contribution in [0.4, 0.5) is 11.5 Å². The lowest BCUT2D eigenvalue weighted by molar-refractivity contribution is 0.0739. The van der Waals surface area contributed by atoms with Crippen LogP contribution in [-0.4, -0.2) is 53.2 Å².